The van der Waals surface area contributed by atoms with Gasteiger partial charge < -0.3 is 114 Å². The van der Waals surface area contributed by atoms with Gasteiger partial charge in [-0.1, -0.05) is 71.0 Å². The Morgan fingerprint density at radius 1 is 0.476 bits per heavy atom. The summed E-state index contributed by atoms with van der Waals surface area (Å²) in [6.45, 7) is 11.4. The molecule has 12 atom stereocenters. The lowest BCUT2D eigenvalue weighted by Crippen LogP contribution is -2.52. The van der Waals surface area contributed by atoms with Gasteiger partial charge in [0.05, 0.1) is 55.6 Å². The zero-order chi connectivity index (χ0) is 110. The number of nitrogens with two attached hydrogens (primary N) is 2. The van der Waals surface area contributed by atoms with Crippen LogP contribution in [0.3, 0.4) is 0 Å². The molecule has 0 bridgehead atoms. The number of likely N-dealkylation sites (tertiary alicyclic amines) is 1. The number of hydrogen-bond donors (Lipinski definition) is 19. The van der Waals surface area contributed by atoms with Gasteiger partial charge in [-0.3, -0.25) is 121 Å². The predicted molar refractivity (Wildman–Crippen MR) is 526 cm³/mol. The number of oxime groups is 1. The van der Waals surface area contributed by atoms with Crippen molar-refractivity contribution in [3.05, 3.63) is 47.5 Å². The molecule has 0 spiro atoms. The first-order chi connectivity index (χ1) is 69.5. The molecule has 49 nitrogen and oxygen atoms in total. The summed E-state index contributed by atoms with van der Waals surface area (Å²) >= 11 is 0. The third kappa shape index (κ3) is 53.2. The molecule has 0 aliphatic carbocycles. The summed E-state index contributed by atoms with van der Waals surface area (Å²) in [5.74, 6) is -27.3. The number of carboxylic acid groups (broad SMARTS) is 5. The summed E-state index contributed by atoms with van der Waals surface area (Å²) < 4.78 is 15.7. The van der Waals surface area contributed by atoms with Gasteiger partial charge >= 0.3 is 35.9 Å². The van der Waals surface area contributed by atoms with Gasteiger partial charge in [-0.05, 0) is 139 Å². The number of amides is 11. The summed E-state index contributed by atoms with van der Waals surface area (Å²) in [4.78, 5) is 313. The minimum absolute atomic E-state index is 0.0233. The molecule has 2 aliphatic heterocycles. The topological polar surface area (TPSA) is 770 Å². The Hall–Kier alpha value is -13.9. The van der Waals surface area contributed by atoms with Crippen molar-refractivity contribution < 1.29 is 155 Å². The number of hydrogen-bond acceptors (Lipinski definition) is 30. The second-order valence-electron chi connectivity index (χ2n) is 37.3. The maximum absolute atomic E-state index is 14.8. The number of imide groups is 1. The van der Waals surface area contributed by atoms with Crippen LogP contribution in [0.5, 0.6) is 0 Å². The molecule has 1 fully saturated rings. The van der Waals surface area contributed by atoms with Gasteiger partial charge in [0, 0.05) is 178 Å². The van der Waals surface area contributed by atoms with E-state index in [1.165, 1.54) is 18.9 Å². The fraction of sp³-hybridized carbons (Fsp3) is 0.653. The van der Waals surface area contributed by atoms with Crippen LogP contribution in [0.25, 0.3) is 0 Å². The van der Waals surface area contributed by atoms with Crippen molar-refractivity contribution in [1.82, 2.24) is 63.0 Å². The summed E-state index contributed by atoms with van der Waals surface area (Å²) in [6, 6.07) is -1.77. The van der Waals surface area contributed by atoms with Crippen LogP contribution in [-0.2, 0) is 131 Å². The first kappa shape index (κ1) is 127. The van der Waals surface area contributed by atoms with Crippen molar-refractivity contribution in [1.29, 1.82) is 10.8 Å². The third-order valence-corrected chi connectivity index (χ3v) is 24.2. The maximum Gasteiger partial charge on any atom is 0.407 e. The number of nitrogens with zero attached hydrogens (tertiary/aromatic N) is 3. The van der Waals surface area contributed by atoms with Gasteiger partial charge in [0.15, 0.2) is 46.6 Å². The molecule has 0 unspecified atom stereocenters. The molecule has 1 aromatic rings. The Bertz CT molecular complexity index is 4740. The molecular formula is C98H149N17O32. The Kier molecular flexibility index (Phi) is 59.9. The van der Waals surface area contributed by atoms with Gasteiger partial charge in [0.25, 0.3) is 11.8 Å². The van der Waals surface area contributed by atoms with E-state index in [1.807, 2.05) is 27.7 Å². The molecular weight excluding hydrogens is 1930 g/mol. The second kappa shape index (κ2) is 69.2. The van der Waals surface area contributed by atoms with E-state index < -0.39 is 318 Å². The van der Waals surface area contributed by atoms with Gasteiger partial charge in [-0.15, -0.1) is 0 Å². The lowest BCUT2D eigenvalue weighted by atomic mass is 9.89. The van der Waals surface area contributed by atoms with Crippen molar-refractivity contribution in [2.45, 2.75) is 290 Å². The van der Waals surface area contributed by atoms with E-state index in [0.29, 0.717) is 36.1 Å². The zero-order valence-electron chi connectivity index (χ0n) is 85.0. The molecule has 2 aliphatic rings. The van der Waals surface area contributed by atoms with E-state index in [9.17, 15) is 136 Å². The van der Waals surface area contributed by atoms with Crippen molar-refractivity contribution in [2.24, 2.45) is 58.0 Å². The summed E-state index contributed by atoms with van der Waals surface area (Å²) in [5, 5.41) is 94.0. The van der Waals surface area contributed by atoms with Crippen molar-refractivity contribution in [3.63, 3.8) is 0 Å². The highest BCUT2D eigenvalue weighted by atomic mass is 16.6. The van der Waals surface area contributed by atoms with Crippen molar-refractivity contribution in [3.8, 4) is 0 Å². The molecule has 49 heteroatoms. The standard InChI is InChI=1S/C98H149N17O32/c1-9-76(118)70(17-13-39-104-97(101)102)109-92(139)63(15-12-38-103-96(99)100)52-69(117)55-106-90(137)59(6)49-78(120)74(48-58(4)5)108-81(123)29-28-77(119)73(47-57(2)3)112-95(142)75-18-14-41-114(75)84(126)56-145-43-11-10-16-67(50-61-19-21-62(22-20-61)60(7)113-147-44-40-105-98(143)146-46-45-144-8)107-91(138)65(24-33-86(129)130)53-79(121)72(27-36-89(135)136)111-94(141)66(25-34-87(131)132)54-80(122)71(26-35-88(133)134)110-93(140)64(23-32-85(127)128)51-68(116)37-42-115-82(124)30-31-83(115)125/h19-22,30-31,57-59,63-67,70-75H,9-18,23-29,32-56H2,1-8H3,(H,105,143)(H,106,137)(H,107,138)(H,108,123)(H,109,139)(H,110,140)(H,111,141)(H,112,142)(H,127,128)(H,129,130)(H,131,132)(H,133,134)(H,135,136)(H4,99,100,103)(H4,101,102,104)/b113-60+/t59-,63+,64+,65+,66+,67-,70-,71-,72-,73+,74+,75+/m1/s1. The van der Waals surface area contributed by atoms with E-state index in [0.717, 1.165) is 17.1 Å². The minimum atomic E-state index is -1.83. The number of carboxylic acids is 5. The number of benzene rings is 1. The minimum Gasteiger partial charge on any atom is -0.481 e. The van der Waals surface area contributed by atoms with E-state index in [-0.39, 0.29) is 166 Å². The molecule has 2 heterocycles. The number of methoxy groups -OCH3 is 1. The van der Waals surface area contributed by atoms with Gasteiger partial charge in [0.2, 0.25) is 47.3 Å². The van der Waals surface area contributed by atoms with Crippen LogP contribution in [0.4, 0.5) is 4.79 Å². The van der Waals surface area contributed by atoms with Gasteiger partial charge in [-0.2, -0.15) is 0 Å². The molecule has 0 radical (unpaired) electrons. The summed E-state index contributed by atoms with van der Waals surface area (Å²) in [5.41, 5.74) is 12.4. The van der Waals surface area contributed by atoms with Crippen molar-refractivity contribution >= 4 is 153 Å². The number of aliphatic carboxylic acids is 5. The van der Waals surface area contributed by atoms with E-state index in [1.54, 1.807) is 38.1 Å². The number of nitrogens with one attached hydrogen (secondary N) is 12. The van der Waals surface area contributed by atoms with E-state index in [4.69, 9.17) is 41.3 Å². The van der Waals surface area contributed by atoms with Crippen LogP contribution in [0.1, 0.15) is 252 Å². The average molecular weight is 2080 g/mol. The van der Waals surface area contributed by atoms with Crippen LogP contribution >= 0.6 is 0 Å². The first-order valence-electron chi connectivity index (χ1n) is 49.6. The average Bonchev–Trinajstić information content (AvgIpc) is 1.74. The fourth-order valence-corrected chi connectivity index (χ4v) is 16.1. The van der Waals surface area contributed by atoms with E-state index >= 15 is 0 Å². The van der Waals surface area contributed by atoms with Crippen LogP contribution in [-0.4, -0.2) is 310 Å². The van der Waals surface area contributed by atoms with E-state index in [2.05, 4.69) is 58.3 Å². The number of ether oxygens (including phenoxy) is 3. The van der Waals surface area contributed by atoms with Crippen LogP contribution in [0, 0.1) is 52.2 Å². The number of unbranched alkanes of at least 4 members (excludes halogenated alkanes) is 1. The van der Waals surface area contributed by atoms with Crippen LogP contribution in [0.2, 0.25) is 0 Å². The number of Topliss-reactive ketones (excluding diaryl/α,β-unsaturated/α-hetero) is 7. The number of carbonyl (C=O) groups excluding carboxylic acids is 18. The van der Waals surface area contributed by atoms with Crippen LogP contribution < -0.4 is 64.6 Å². The summed E-state index contributed by atoms with van der Waals surface area (Å²) in [6.07, 6.45) is -7.32. The molecule has 3 rings (SSSR count). The number of guanidine groups is 2. The third-order valence-electron chi connectivity index (χ3n) is 24.2. The van der Waals surface area contributed by atoms with Gasteiger partial charge in [0.1, 0.15) is 31.6 Å². The predicted octanol–water partition coefficient (Wildman–Crippen LogP) is 2.03. The highest BCUT2D eigenvalue weighted by Crippen LogP contribution is 2.26. The Morgan fingerprint density at radius 3 is 1.47 bits per heavy atom. The lowest BCUT2D eigenvalue weighted by molar-refractivity contribution is -0.142. The lowest BCUT2D eigenvalue weighted by Gasteiger charge is -2.27. The van der Waals surface area contributed by atoms with Gasteiger partial charge in [-0.25, -0.2) is 4.79 Å². The quantitative estimate of drug-likeness (QED) is 0.0146. The molecule has 0 saturated carbocycles. The number of ketones is 7. The number of alkyl carbamates (subject to hydrolysis) is 1. The molecule has 1 saturated heterocycles. The molecule has 147 heavy (non-hydrogen) atoms. The Balaban J connectivity index is 1.83. The Labute approximate surface area is 852 Å². The smallest absolute Gasteiger partial charge is 0.407 e. The normalized spacial score (nSPS) is 15.1. The number of carbonyl (C=O) groups is 23. The van der Waals surface area contributed by atoms with Crippen molar-refractivity contribution in [2.75, 3.05) is 79.4 Å². The molecule has 818 valence electrons. The molecule has 11 amide bonds. The highest BCUT2D eigenvalue weighted by molar-refractivity contribution is 6.13. The summed E-state index contributed by atoms with van der Waals surface area (Å²) in [7, 11) is 1.44. The second-order valence-corrected chi connectivity index (χ2v) is 37.3. The Morgan fingerprint density at radius 2 is 0.959 bits per heavy atom. The monoisotopic (exact) mass is 2080 g/mol. The zero-order valence-corrected chi connectivity index (χ0v) is 85.0. The SMILES string of the molecule is CCC(=O)[C@@H](CCCNC(=N)N)NC(=O)[C@@H](CCCNC(=N)N)CC(=O)CNC(=O)[C@H](C)CC(=O)[C@H](CC(C)C)NC(=O)CCC(=O)[C@H](CC(C)C)NC(=O)[C@@H]1CCCN1C(=O)COCCCC[C@H](Cc1ccc(/C(C)=N/OCCNC(=O)OCCOC)cc1)NC(=O)[C@@H](CCC(=O)O)CC(=O)[C@@H](CCC(=O)O)NC(=O)[C@@H](CCC(=O)O)CC(=O)[C@@H](CCC(=O)O)NC(=O)[C@@H](CCC(=O)O)CC(=O)CCN1C(=O)C=CC1=O. The van der Waals surface area contributed by atoms with Crippen LogP contribution in [0.15, 0.2) is 41.6 Å². The highest BCUT2D eigenvalue weighted by Gasteiger charge is 2.40. The molecule has 21 N–H and O–H groups in total. The first-order valence-corrected chi connectivity index (χ1v) is 49.6. The molecule has 0 aromatic heterocycles. The molecule has 1 aromatic carbocycles. The maximum atomic E-state index is 14.8. The largest absolute Gasteiger partial charge is 0.481 e. The number of rotatable bonds is 80. The fourth-order valence-electron chi connectivity index (χ4n) is 16.1.